The molecule has 3 heterocycles. The second kappa shape index (κ2) is 21.2. The number of piperidine rings is 1. The summed E-state index contributed by atoms with van der Waals surface area (Å²) in [6, 6.07) is 20.6. The first-order chi connectivity index (χ1) is 27.0. The van der Waals surface area contributed by atoms with E-state index in [2.05, 4.69) is 76.4 Å². The van der Waals surface area contributed by atoms with Crippen LogP contribution in [0.4, 0.5) is 0 Å². The predicted molar refractivity (Wildman–Crippen MR) is 222 cm³/mol. The Morgan fingerprint density at radius 1 is 0.709 bits per heavy atom. The van der Waals surface area contributed by atoms with Crippen molar-refractivity contribution in [2.24, 2.45) is 0 Å². The highest BCUT2D eigenvalue weighted by Crippen LogP contribution is 2.37. The van der Waals surface area contributed by atoms with Crippen molar-refractivity contribution in [3.63, 3.8) is 0 Å². The van der Waals surface area contributed by atoms with Crippen LogP contribution in [0.2, 0.25) is 5.02 Å². The molecule has 6 rings (SSSR count). The standard InChI is InChI=1S/C46H58ClN5O3/c1-35-39(14-11-15-41(35)42-16-12-17-44(36(42)2)53-25-13-24-51-20-7-3-5-18-49-19-6-10-21-51)34-55-46-28-45(54-33-38-26-37(29-48)30-50-31-38)40(27-43(46)47)32-52-22-8-4-9-23-52/h11-12,14-17,26-28,30-31,49H,3-10,13,18-25,32-34H2,1-2H3. The maximum Gasteiger partial charge on any atom is 0.142 e. The summed E-state index contributed by atoms with van der Waals surface area (Å²) in [5, 5.41) is 13.5. The van der Waals surface area contributed by atoms with Gasteiger partial charge >= 0.3 is 0 Å². The Balaban J connectivity index is 1.11. The second-order valence-corrected chi connectivity index (χ2v) is 15.5. The van der Waals surface area contributed by atoms with Crippen LogP contribution in [0.25, 0.3) is 11.1 Å². The smallest absolute Gasteiger partial charge is 0.142 e. The number of nitriles is 1. The van der Waals surface area contributed by atoms with Crippen LogP contribution >= 0.6 is 11.6 Å². The van der Waals surface area contributed by atoms with Gasteiger partial charge in [-0.3, -0.25) is 9.88 Å². The van der Waals surface area contributed by atoms with Gasteiger partial charge in [-0.1, -0.05) is 54.8 Å². The molecular formula is C46H58ClN5O3. The number of likely N-dealkylation sites (tertiary alicyclic amines) is 1. The molecule has 0 spiro atoms. The highest BCUT2D eigenvalue weighted by atomic mass is 35.5. The fourth-order valence-corrected chi connectivity index (χ4v) is 7.96. The number of hydrogen-bond donors (Lipinski definition) is 1. The van der Waals surface area contributed by atoms with Crippen molar-refractivity contribution in [1.82, 2.24) is 20.1 Å². The largest absolute Gasteiger partial charge is 0.493 e. The number of pyridine rings is 1. The van der Waals surface area contributed by atoms with E-state index in [4.69, 9.17) is 25.8 Å². The summed E-state index contributed by atoms with van der Waals surface area (Å²) >= 11 is 6.91. The van der Waals surface area contributed by atoms with Gasteiger partial charge in [0.2, 0.25) is 0 Å². The van der Waals surface area contributed by atoms with E-state index in [0.717, 1.165) is 85.0 Å². The molecule has 1 aromatic heterocycles. The Kier molecular flexibility index (Phi) is 15.7. The van der Waals surface area contributed by atoms with Gasteiger partial charge in [-0.05, 0) is 144 Å². The summed E-state index contributed by atoms with van der Waals surface area (Å²) in [6.07, 6.45) is 14.3. The van der Waals surface area contributed by atoms with E-state index >= 15 is 0 Å². The summed E-state index contributed by atoms with van der Waals surface area (Å²) in [6.45, 7) is 14.3. The SMILES string of the molecule is Cc1c(COc2cc(OCc3cncc(C#N)c3)c(CN3CCCCC3)cc2Cl)cccc1-c1cccc(OCCCN2CCCCCNCCCC2)c1C. The third kappa shape index (κ3) is 11.9. The molecule has 8 nitrogen and oxygen atoms in total. The highest BCUT2D eigenvalue weighted by Gasteiger charge is 2.18. The van der Waals surface area contributed by atoms with Crippen molar-refractivity contribution in [2.75, 3.05) is 52.4 Å². The van der Waals surface area contributed by atoms with E-state index in [9.17, 15) is 5.26 Å². The fraction of sp³-hybridized carbons (Fsp3) is 0.478. The van der Waals surface area contributed by atoms with Crippen LogP contribution in [0, 0.1) is 25.2 Å². The lowest BCUT2D eigenvalue weighted by atomic mass is 9.93. The Labute approximate surface area is 333 Å². The van der Waals surface area contributed by atoms with Gasteiger partial charge in [-0.2, -0.15) is 5.26 Å². The first-order valence-electron chi connectivity index (χ1n) is 20.4. The Bertz CT molecular complexity index is 1860. The number of ether oxygens (including phenoxy) is 3. The van der Waals surface area contributed by atoms with Crippen LogP contribution in [0.15, 0.2) is 67.0 Å². The molecule has 3 aromatic carbocycles. The zero-order valence-electron chi connectivity index (χ0n) is 32.9. The molecule has 1 N–H and O–H groups in total. The Morgan fingerprint density at radius 3 is 2.20 bits per heavy atom. The lowest BCUT2D eigenvalue weighted by Crippen LogP contribution is -2.29. The van der Waals surface area contributed by atoms with Crippen molar-refractivity contribution in [3.8, 4) is 34.4 Å². The molecule has 0 saturated carbocycles. The van der Waals surface area contributed by atoms with E-state index in [1.807, 2.05) is 18.2 Å². The molecule has 0 unspecified atom stereocenters. The lowest BCUT2D eigenvalue weighted by Gasteiger charge is -2.27. The van der Waals surface area contributed by atoms with E-state index in [1.165, 1.54) is 75.6 Å². The molecule has 4 aromatic rings. The molecule has 55 heavy (non-hydrogen) atoms. The number of halogens is 1. The average molecular weight is 764 g/mol. The third-order valence-corrected chi connectivity index (χ3v) is 11.3. The third-order valence-electron chi connectivity index (χ3n) is 11.0. The van der Waals surface area contributed by atoms with Gasteiger partial charge in [-0.15, -0.1) is 0 Å². The van der Waals surface area contributed by atoms with Gasteiger partial charge < -0.3 is 24.4 Å². The maximum absolute atomic E-state index is 9.35. The molecular weight excluding hydrogens is 706 g/mol. The zero-order valence-corrected chi connectivity index (χ0v) is 33.6. The van der Waals surface area contributed by atoms with E-state index < -0.39 is 0 Å². The van der Waals surface area contributed by atoms with Crippen molar-refractivity contribution in [1.29, 1.82) is 5.26 Å². The topological polar surface area (TPSA) is 82.9 Å². The average Bonchev–Trinajstić information content (AvgIpc) is 3.27. The molecule has 0 atom stereocenters. The van der Waals surface area contributed by atoms with Gasteiger partial charge in [0.25, 0.3) is 0 Å². The molecule has 0 aliphatic carbocycles. The number of nitrogens with zero attached hydrogens (tertiary/aromatic N) is 4. The Morgan fingerprint density at radius 2 is 1.40 bits per heavy atom. The number of aromatic nitrogens is 1. The van der Waals surface area contributed by atoms with E-state index in [-0.39, 0.29) is 6.61 Å². The van der Waals surface area contributed by atoms with Gasteiger partial charge in [0, 0.05) is 42.7 Å². The summed E-state index contributed by atoms with van der Waals surface area (Å²) < 4.78 is 19.3. The van der Waals surface area contributed by atoms with Crippen LogP contribution in [-0.4, -0.2) is 67.2 Å². The minimum atomic E-state index is 0.288. The Hall–Kier alpha value is -4.13. The summed E-state index contributed by atoms with van der Waals surface area (Å²) in [5.41, 5.74) is 8.11. The van der Waals surface area contributed by atoms with Crippen LogP contribution < -0.4 is 19.5 Å². The predicted octanol–water partition coefficient (Wildman–Crippen LogP) is 9.66. The number of rotatable bonds is 14. The zero-order chi connectivity index (χ0) is 38.2. The van der Waals surface area contributed by atoms with Crippen LogP contribution in [0.1, 0.15) is 91.2 Å². The summed E-state index contributed by atoms with van der Waals surface area (Å²) in [7, 11) is 0. The summed E-state index contributed by atoms with van der Waals surface area (Å²) in [5.74, 6) is 2.25. The molecule has 0 radical (unpaired) electrons. The van der Waals surface area contributed by atoms with Crippen molar-refractivity contribution >= 4 is 11.6 Å². The summed E-state index contributed by atoms with van der Waals surface area (Å²) in [4.78, 5) is 9.29. The van der Waals surface area contributed by atoms with Gasteiger partial charge in [0.05, 0.1) is 17.2 Å². The van der Waals surface area contributed by atoms with Crippen molar-refractivity contribution in [2.45, 2.75) is 91.4 Å². The van der Waals surface area contributed by atoms with Crippen LogP contribution in [-0.2, 0) is 19.8 Å². The van der Waals surface area contributed by atoms with Gasteiger partial charge in [0.1, 0.15) is 36.5 Å². The lowest BCUT2D eigenvalue weighted by molar-refractivity contribution is 0.214. The van der Waals surface area contributed by atoms with Crippen molar-refractivity contribution < 1.29 is 14.2 Å². The number of nitrogens with one attached hydrogen (secondary N) is 1. The fourth-order valence-electron chi connectivity index (χ4n) is 7.72. The van der Waals surface area contributed by atoms with Crippen LogP contribution in [0.3, 0.4) is 0 Å². The van der Waals surface area contributed by atoms with E-state index in [1.54, 1.807) is 12.4 Å². The normalized spacial score (nSPS) is 16.2. The molecule has 292 valence electrons. The quantitative estimate of drug-likeness (QED) is 0.127. The molecule has 2 aliphatic heterocycles. The molecule has 0 bridgehead atoms. The number of benzene rings is 3. The van der Waals surface area contributed by atoms with Crippen LogP contribution in [0.5, 0.6) is 17.2 Å². The second-order valence-electron chi connectivity index (χ2n) is 15.1. The van der Waals surface area contributed by atoms with Gasteiger partial charge in [0.15, 0.2) is 0 Å². The molecule has 0 amide bonds. The first-order valence-corrected chi connectivity index (χ1v) is 20.7. The van der Waals surface area contributed by atoms with Gasteiger partial charge in [-0.25, -0.2) is 0 Å². The minimum absolute atomic E-state index is 0.288. The number of hydrogen-bond acceptors (Lipinski definition) is 8. The van der Waals surface area contributed by atoms with E-state index in [0.29, 0.717) is 29.5 Å². The highest BCUT2D eigenvalue weighted by molar-refractivity contribution is 6.32. The molecule has 9 heteroatoms. The monoisotopic (exact) mass is 763 g/mol. The molecule has 2 aliphatic rings. The molecule has 2 saturated heterocycles. The maximum atomic E-state index is 9.35. The molecule has 2 fully saturated rings. The first kappa shape index (κ1) is 40.5. The van der Waals surface area contributed by atoms with Crippen molar-refractivity contribution in [3.05, 3.63) is 105 Å². The minimum Gasteiger partial charge on any atom is -0.493 e.